The molecule has 33 heavy (non-hydrogen) atoms. The molecule has 2 amide bonds. The monoisotopic (exact) mass is 463 g/mol. The smallest absolute Gasteiger partial charge is 0.262 e. The molecule has 2 aromatic rings. The number of amides is 2. The molecule has 5 nitrogen and oxygen atoms in total. The summed E-state index contributed by atoms with van der Waals surface area (Å²) in [4.78, 5) is 29.4. The maximum Gasteiger partial charge on any atom is 0.262 e. The van der Waals surface area contributed by atoms with Crippen molar-refractivity contribution in [3.63, 3.8) is 0 Å². The van der Waals surface area contributed by atoms with Crippen molar-refractivity contribution in [3.05, 3.63) is 64.1 Å². The Morgan fingerprint density at radius 3 is 2.61 bits per heavy atom. The normalized spacial score (nSPS) is 22.0. The number of nitrogens with zero attached hydrogens (tertiary/aromatic N) is 1. The highest BCUT2D eigenvalue weighted by Gasteiger charge is 2.23. The summed E-state index contributed by atoms with van der Waals surface area (Å²) in [6, 6.07) is 13.6. The molecule has 0 aromatic heterocycles. The van der Waals surface area contributed by atoms with E-state index in [1.807, 2.05) is 49.4 Å². The van der Waals surface area contributed by atoms with Crippen molar-refractivity contribution >= 4 is 35.3 Å². The zero-order chi connectivity index (χ0) is 23.4. The number of piperidine rings is 1. The average Bonchev–Trinajstić information content (AvgIpc) is 2.77. The van der Waals surface area contributed by atoms with Gasteiger partial charge < -0.3 is 15.5 Å². The number of thioether (sulfide) groups is 1. The zero-order valence-electron chi connectivity index (χ0n) is 19.7. The summed E-state index contributed by atoms with van der Waals surface area (Å²) in [5.74, 6) is 1.26. The maximum atomic E-state index is 12.6. The number of fused-ring (bicyclic) bond motifs is 1. The van der Waals surface area contributed by atoms with Crippen molar-refractivity contribution in [1.29, 1.82) is 0 Å². The summed E-state index contributed by atoms with van der Waals surface area (Å²) >= 11 is 1.43. The minimum Gasteiger partial charge on any atom is -0.352 e. The van der Waals surface area contributed by atoms with Crippen LogP contribution in [0.1, 0.15) is 48.2 Å². The number of hydrogen-bond donors (Lipinski definition) is 2. The van der Waals surface area contributed by atoms with E-state index in [0.29, 0.717) is 22.7 Å². The lowest BCUT2D eigenvalue weighted by atomic mass is 9.92. The second kappa shape index (κ2) is 10.6. The molecule has 2 atom stereocenters. The molecule has 2 unspecified atom stereocenters. The fourth-order valence-electron chi connectivity index (χ4n) is 4.70. The molecule has 174 valence electrons. The zero-order valence-corrected chi connectivity index (χ0v) is 20.5. The maximum absolute atomic E-state index is 12.6. The van der Waals surface area contributed by atoms with Gasteiger partial charge in [-0.3, -0.25) is 9.59 Å². The molecule has 2 aromatic carbocycles. The van der Waals surface area contributed by atoms with Crippen LogP contribution < -0.4 is 10.6 Å². The Hall–Kier alpha value is -2.57. The molecule has 2 aliphatic rings. The van der Waals surface area contributed by atoms with Crippen LogP contribution in [0.4, 0.5) is 5.69 Å². The van der Waals surface area contributed by atoms with Crippen molar-refractivity contribution in [3.8, 4) is 0 Å². The van der Waals surface area contributed by atoms with Crippen molar-refractivity contribution in [2.45, 2.75) is 38.5 Å². The van der Waals surface area contributed by atoms with Crippen molar-refractivity contribution in [2.75, 3.05) is 31.5 Å². The minimum atomic E-state index is -0.143. The predicted octanol–water partition coefficient (Wildman–Crippen LogP) is 5.18. The van der Waals surface area contributed by atoms with E-state index < -0.39 is 0 Å². The molecule has 4 rings (SSSR count). The Bertz CT molecular complexity index is 1040. The van der Waals surface area contributed by atoms with Crippen molar-refractivity contribution < 1.29 is 9.59 Å². The number of aryl methyl sites for hydroxylation is 1. The molecule has 1 fully saturated rings. The first-order chi connectivity index (χ1) is 15.9. The third-order valence-corrected chi connectivity index (χ3v) is 7.29. The second-order valence-electron chi connectivity index (χ2n) is 9.50. The van der Waals surface area contributed by atoms with Crippen LogP contribution in [-0.2, 0) is 4.79 Å². The molecule has 0 bridgehead atoms. The Kier molecular flexibility index (Phi) is 7.56. The lowest BCUT2D eigenvalue weighted by Crippen LogP contribution is -2.40. The van der Waals surface area contributed by atoms with Crippen LogP contribution in [0.3, 0.4) is 0 Å². The first-order valence-corrected chi connectivity index (χ1v) is 12.6. The number of benzene rings is 2. The molecule has 1 saturated heterocycles. The molecule has 0 aliphatic carbocycles. The van der Waals surface area contributed by atoms with Gasteiger partial charge in [-0.2, -0.15) is 0 Å². The predicted molar refractivity (Wildman–Crippen MR) is 136 cm³/mol. The number of rotatable bonds is 6. The van der Waals surface area contributed by atoms with Crippen molar-refractivity contribution in [1.82, 2.24) is 10.2 Å². The van der Waals surface area contributed by atoms with Crippen LogP contribution in [0, 0.1) is 18.8 Å². The van der Waals surface area contributed by atoms with E-state index in [9.17, 15) is 9.59 Å². The van der Waals surface area contributed by atoms with E-state index in [0.717, 1.165) is 48.3 Å². The van der Waals surface area contributed by atoms with Gasteiger partial charge in [-0.15, -0.1) is 0 Å². The summed E-state index contributed by atoms with van der Waals surface area (Å²) in [6.07, 6.45) is 4.15. The minimum absolute atomic E-state index is 0.0987. The molecule has 2 heterocycles. The van der Waals surface area contributed by atoms with Crippen LogP contribution in [0.25, 0.3) is 6.08 Å². The highest BCUT2D eigenvalue weighted by molar-refractivity contribution is 8.04. The first-order valence-electron chi connectivity index (χ1n) is 11.8. The summed E-state index contributed by atoms with van der Waals surface area (Å²) < 4.78 is 0. The first kappa shape index (κ1) is 23.6. The van der Waals surface area contributed by atoms with E-state index in [1.54, 1.807) is 6.07 Å². The molecule has 2 aliphatic heterocycles. The van der Waals surface area contributed by atoms with Gasteiger partial charge in [0.1, 0.15) is 0 Å². The van der Waals surface area contributed by atoms with Crippen LogP contribution in [0.5, 0.6) is 0 Å². The van der Waals surface area contributed by atoms with E-state index in [1.165, 1.54) is 23.7 Å². The molecule has 6 heteroatoms. The SMILES string of the molecule is Cc1ccc(C=C2Sc3ccc(C(=O)NCCCN4CC(C)CC(C)C4)cc3NC2=O)cc1. The Labute approximate surface area is 201 Å². The highest BCUT2D eigenvalue weighted by Crippen LogP contribution is 2.39. The molecule has 0 saturated carbocycles. The van der Waals surface area contributed by atoms with Gasteiger partial charge >= 0.3 is 0 Å². The van der Waals surface area contributed by atoms with E-state index in [4.69, 9.17) is 0 Å². The Morgan fingerprint density at radius 1 is 1.15 bits per heavy atom. The number of anilines is 1. The van der Waals surface area contributed by atoms with Crippen LogP contribution in [0.2, 0.25) is 0 Å². The van der Waals surface area contributed by atoms with Gasteiger partial charge in [0, 0.05) is 30.1 Å². The molecule has 0 spiro atoms. The van der Waals surface area contributed by atoms with Gasteiger partial charge in [0.25, 0.3) is 11.8 Å². The van der Waals surface area contributed by atoms with Gasteiger partial charge in [-0.05, 0) is 68.0 Å². The number of likely N-dealkylation sites (tertiary alicyclic amines) is 1. The lowest BCUT2D eigenvalue weighted by Gasteiger charge is -2.34. The van der Waals surface area contributed by atoms with Gasteiger partial charge in [0.05, 0.1) is 10.6 Å². The lowest BCUT2D eigenvalue weighted by molar-refractivity contribution is -0.112. The number of hydrogen-bond acceptors (Lipinski definition) is 4. The summed E-state index contributed by atoms with van der Waals surface area (Å²) in [5.41, 5.74) is 3.44. The fourth-order valence-corrected chi connectivity index (χ4v) is 5.63. The van der Waals surface area contributed by atoms with Gasteiger partial charge in [-0.25, -0.2) is 0 Å². The third-order valence-electron chi connectivity index (χ3n) is 6.19. The molecular formula is C27H33N3O2S. The van der Waals surface area contributed by atoms with Gasteiger partial charge in [0.15, 0.2) is 0 Å². The molecular weight excluding hydrogens is 430 g/mol. The van der Waals surface area contributed by atoms with Crippen LogP contribution in [0.15, 0.2) is 52.3 Å². The largest absolute Gasteiger partial charge is 0.352 e. The summed E-state index contributed by atoms with van der Waals surface area (Å²) in [5, 5.41) is 5.97. The topological polar surface area (TPSA) is 61.4 Å². The van der Waals surface area contributed by atoms with Crippen molar-refractivity contribution in [2.24, 2.45) is 11.8 Å². The van der Waals surface area contributed by atoms with Gasteiger partial charge in [-0.1, -0.05) is 55.4 Å². The number of carbonyl (C=O) groups is 2. The highest BCUT2D eigenvalue weighted by atomic mass is 32.2. The third kappa shape index (κ3) is 6.27. The Morgan fingerprint density at radius 2 is 1.88 bits per heavy atom. The Balaban J connectivity index is 1.32. The van der Waals surface area contributed by atoms with Crippen LogP contribution in [-0.4, -0.2) is 42.9 Å². The average molecular weight is 464 g/mol. The van der Waals surface area contributed by atoms with E-state index in [2.05, 4.69) is 29.4 Å². The van der Waals surface area contributed by atoms with Gasteiger partial charge in [0.2, 0.25) is 0 Å². The molecule has 0 radical (unpaired) electrons. The number of nitrogens with one attached hydrogen (secondary N) is 2. The van der Waals surface area contributed by atoms with E-state index >= 15 is 0 Å². The summed E-state index contributed by atoms with van der Waals surface area (Å²) in [6.45, 7) is 10.7. The van der Waals surface area contributed by atoms with E-state index in [-0.39, 0.29) is 11.8 Å². The number of carbonyl (C=O) groups excluding carboxylic acids is 2. The molecule has 2 N–H and O–H groups in total. The quantitative estimate of drug-likeness (QED) is 0.458. The second-order valence-corrected chi connectivity index (χ2v) is 10.6. The fraction of sp³-hybridized carbons (Fsp3) is 0.407. The summed E-state index contributed by atoms with van der Waals surface area (Å²) in [7, 11) is 0. The van der Waals surface area contributed by atoms with Crippen LogP contribution >= 0.6 is 11.8 Å². The standard InChI is InChI=1S/C27H33N3O2S/c1-18-5-7-21(8-6-18)14-25-27(32)29-23-15-22(9-10-24(23)33-25)26(31)28-11-4-12-30-16-19(2)13-20(3)17-30/h5-10,14-15,19-20H,4,11-13,16-17H2,1-3H3,(H,28,31)(H,29,32).